The van der Waals surface area contributed by atoms with Gasteiger partial charge in [0.1, 0.15) is 0 Å². The highest BCUT2D eigenvalue weighted by Crippen LogP contribution is 2.45. The number of carbonyl (C=O) groups is 1. The molecule has 35 heavy (non-hydrogen) atoms. The van der Waals surface area contributed by atoms with Crippen LogP contribution >= 0.6 is 0 Å². The molecule has 7 heteroatoms. The van der Waals surface area contributed by atoms with Crippen molar-refractivity contribution in [1.29, 1.82) is 0 Å². The molecule has 192 valence electrons. The summed E-state index contributed by atoms with van der Waals surface area (Å²) in [6.07, 6.45) is 15.8. The predicted molar refractivity (Wildman–Crippen MR) is 142 cm³/mol. The number of aromatic nitrogens is 1. The smallest absolute Gasteiger partial charge is 0.328 e. The van der Waals surface area contributed by atoms with Crippen molar-refractivity contribution in [2.45, 2.75) is 70.3 Å². The average Bonchev–Trinajstić information content (AvgIpc) is 2.87. The molecule has 5 N–H and O–H groups in total. The Morgan fingerprint density at radius 2 is 1.63 bits per heavy atom. The second-order valence-corrected chi connectivity index (χ2v) is 8.75. The molecule has 0 saturated carbocycles. The molecule has 0 aliphatic carbocycles. The quantitative estimate of drug-likeness (QED) is 0.194. The molecule has 2 aromatic rings. The molecular formula is C28H41N3O4. The lowest BCUT2D eigenvalue weighted by atomic mass is 9.91. The van der Waals surface area contributed by atoms with Gasteiger partial charge in [0.25, 0.3) is 0 Å². The Labute approximate surface area is 209 Å². The molecule has 7 nitrogen and oxygen atoms in total. The standard InChI is InChI=1S/C28H41N3O4/c1-34-27-22(24-15-11-13-19-31-24)20-21(16-17-25(32)33)26(28(27)35-2)23(30)14-10-8-6-4-3-5-7-9-12-18-29/h11,13,15-17,19-20,23H,3-10,12,14,18,29-30H2,1-2H3,(H,32,33)/b17-16+. The lowest BCUT2D eigenvalue weighted by Gasteiger charge is -2.23. The number of ether oxygens (including phenoxy) is 2. The molecule has 1 unspecified atom stereocenters. The summed E-state index contributed by atoms with van der Waals surface area (Å²) in [4.78, 5) is 15.7. The van der Waals surface area contributed by atoms with Crippen molar-refractivity contribution >= 4 is 12.0 Å². The number of hydrogen-bond acceptors (Lipinski definition) is 6. The van der Waals surface area contributed by atoms with Gasteiger partial charge in [0.15, 0.2) is 11.5 Å². The highest BCUT2D eigenvalue weighted by Gasteiger charge is 2.24. The summed E-state index contributed by atoms with van der Waals surface area (Å²) >= 11 is 0. The molecule has 0 radical (unpaired) electrons. The molecule has 0 amide bonds. The van der Waals surface area contributed by atoms with Gasteiger partial charge in [-0.15, -0.1) is 0 Å². The van der Waals surface area contributed by atoms with Crippen LogP contribution in [0.25, 0.3) is 17.3 Å². The molecule has 0 fully saturated rings. The van der Waals surface area contributed by atoms with Gasteiger partial charge in [-0.3, -0.25) is 4.98 Å². The van der Waals surface area contributed by atoms with Crippen LogP contribution in [0.5, 0.6) is 11.5 Å². The van der Waals surface area contributed by atoms with Gasteiger partial charge in [-0.05, 0) is 49.2 Å². The van der Waals surface area contributed by atoms with E-state index >= 15 is 0 Å². The number of pyridine rings is 1. The molecule has 1 atom stereocenters. The maximum absolute atomic E-state index is 11.3. The van der Waals surface area contributed by atoms with Gasteiger partial charge in [0.05, 0.1) is 19.9 Å². The Hall–Kier alpha value is -2.90. The van der Waals surface area contributed by atoms with Crippen LogP contribution in [0.1, 0.15) is 81.4 Å². The van der Waals surface area contributed by atoms with Gasteiger partial charge < -0.3 is 26.0 Å². The van der Waals surface area contributed by atoms with Crippen molar-refractivity contribution in [2.24, 2.45) is 11.5 Å². The molecule has 0 saturated heterocycles. The highest BCUT2D eigenvalue weighted by atomic mass is 16.5. The van der Waals surface area contributed by atoms with E-state index in [0.29, 0.717) is 22.8 Å². The third-order valence-electron chi connectivity index (χ3n) is 6.15. The molecule has 1 aromatic carbocycles. The molecule has 0 aliphatic heterocycles. The monoisotopic (exact) mass is 483 g/mol. The fourth-order valence-corrected chi connectivity index (χ4v) is 4.36. The minimum absolute atomic E-state index is 0.318. The number of unbranched alkanes of at least 4 members (excludes halogenated alkanes) is 8. The third-order valence-corrected chi connectivity index (χ3v) is 6.15. The number of carboxylic acids is 1. The fraction of sp³-hybridized carbons (Fsp3) is 0.500. The molecular weight excluding hydrogens is 442 g/mol. The third kappa shape index (κ3) is 9.00. The summed E-state index contributed by atoms with van der Waals surface area (Å²) in [7, 11) is 3.16. The van der Waals surface area contributed by atoms with Crippen molar-refractivity contribution in [3.05, 3.63) is 47.7 Å². The Balaban J connectivity index is 2.16. The average molecular weight is 484 g/mol. The Bertz CT molecular complexity index is 932. The summed E-state index contributed by atoms with van der Waals surface area (Å²) in [5, 5.41) is 9.23. The minimum Gasteiger partial charge on any atom is -0.492 e. The molecule has 1 aromatic heterocycles. The van der Waals surface area contributed by atoms with Crippen molar-refractivity contribution in [3.8, 4) is 22.8 Å². The molecule has 1 heterocycles. The SMILES string of the molecule is COc1c(-c2ccccn2)cc(/C=C/C(=O)O)c(C(N)CCCCCCCCCCCN)c1OC. The van der Waals surface area contributed by atoms with E-state index in [0.717, 1.165) is 49.4 Å². The molecule has 0 bridgehead atoms. The van der Waals surface area contributed by atoms with E-state index in [1.807, 2.05) is 24.3 Å². The number of rotatable bonds is 17. The number of methoxy groups -OCH3 is 2. The van der Waals surface area contributed by atoms with E-state index < -0.39 is 5.97 Å². The maximum atomic E-state index is 11.3. The first-order chi connectivity index (χ1) is 17.0. The fourth-order valence-electron chi connectivity index (χ4n) is 4.36. The minimum atomic E-state index is -1.03. The van der Waals surface area contributed by atoms with Crippen LogP contribution in [-0.2, 0) is 4.79 Å². The van der Waals surface area contributed by atoms with Gasteiger partial charge in [-0.1, -0.05) is 57.4 Å². The Morgan fingerprint density at radius 1 is 1.00 bits per heavy atom. The van der Waals surface area contributed by atoms with E-state index in [1.54, 1.807) is 26.5 Å². The van der Waals surface area contributed by atoms with Gasteiger partial charge in [0.2, 0.25) is 0 Å². The van der Waals surface area contributed by atoms with Crippen molar-refractivity contribution < 1.29 is 19.4 Å². The first-order valence-electron chi connectivity index (χ1n) is 12.6. The van der Waals surface area contributed by atoms with Crippen molar-refractivity contribution in [2.75, 3.05) is 20.8 Å². The summed E-state index contributed by atoms with van der Waals surface area (Å²) in [5.41, 5.74) is 15.1. The van der Waals surface area contributed by atoms with E-state index in [4.69, 9.17) is 20.9 Å². The lowest BCUT2D eigenvalue weighted by molar-refractivity contribution is -0.131. The normalized spacial score (nSPS) is 12.1. The highest BCUT2D eigenvalue weighted by molar-refractivity contribution is 5.87. The number of benzene rings is 1. The van der Waals surface area contributed by atoms with E-state index in [9.17, 15) is 9.90 Å². The van der Waals surface area contributed by atoms with E-state index in [2.05, 4.69) is 4.98 Å². The van der Waals surface area contributed by atoms with Crippen LogP contribution in [0, 0.1) is 0 Å². The Kier molecular flexibility index (Phi) is 12.9. The number of nitrogens with two attached hydrogens (primary N) is 2. The summed E-state index contributed by atoms with van der Waals surface area (Å²) < 4.78 is 11.5. The lowest BCUT2D eigenvalue weighted by Crippen LogP contribution is -2.14. The number of hydrogen-bond donors (Lipinski definition) is 3. The van der Waals surface area contributed by atoms with Gasteiger partial charge in [-0.2, -0.15) is 0 Å². The van der Waals surface area contributed by atoms with Crippen molar-refractivity contribution in [3.63, 3.8) is 0 Å². The number of nitrogens with zero attached hydrogens (tertiary/aromatic N) is 1. The van der Waals surface area contributed by atoms with E-state index in [1.165, 1.54) is 38.5 Å². The summed E-state index contributed by atoms with van der Waals surface area (Å²) in [6, 6.07) is 7.16. The van der Waals surface area contributed by atoms with Crippen molar-refractivity contribution in [1.82, 2.24) is 4.98 Å². The zero-order chi connectivity index (χ0) is 25.5. The molecule has 0 aliphatic rings. The Morgan fingerprint density at radius 3 is 2.17 bits per heavy atom. The molecule has 0 spiro atoms. The zero-order valence-corrected chi connectivity index (χ0v) is 21.2. The van der Waals surface area contributed by atoms with Crippen LogP contribution in [0.2, 0.25) is 0 Å². The summed E-state index contributed by atoms with van der Waals surface area (Å²) in [6.45, 7) is 0.788. The largest absolute Gasteiger partial charge is 0.492 e. The summed E-state index contributed by atoms with van der Waals surface area (Å²) in [5.74, 6) is 0.0335. The van der Waals surface area contributed by atoms with Gasteiger partial charge in [-0.25, -0.2) is 4.79 Å². The first kappa shape index (κ1) is 28.3. The van der Waals surface area contributed by atoms with Crippen LogP contribution in [-0.4, -0.2) is 36.8 Å². The first-order valence-corrected chi connectivity index (χ1v) is 12.6. The topological polar surface area (TPSA) is 121 Å². The second kappa shape index (κ2) is 15.9. The maximum Gasteiger partial charge on any atom is 0.328 e. The van der Waals surface area contributed by atoms with Crippen LogP contribution in [0.4, 0.5) is 0 Å². The van der Waals surface area contributed by atoms with Crippen LogP contribution < -0.4 is 20.9 Å². The second-order valence-electron chi connectivity index (χ2n) is 8.75. The van der Waals surface area contributed by atoms with Crippen LogP contribution in [0.3, 0.4) is 0 Å². The number of carboxylic acid groups (broad SMARTS) is 1. The van der Waals surface area contributed by atoms with E-state index in [-0.39, 0.29) is 6.04 Å². The molecule has 2 rings (SSSR count). The van der Waals surface area contributed by atoms with Gasteiger partial charge in [0, 0.05) is 29.4 Å². The predicted octanol–water partition coefficient (Wildman–Crippen LogP) is 5.72. The zero-order valence-electron chi connectivity index (χ0n) is 21.2. The number of aliphatic carboxylic acids is 1. The van der Waals surface area contributed by atoms with Gasteiger partial charge >= 0.3 is 5.97 Å². The van der Waals surface area contributed by atoms with Crippen LogP contribution in [0.15, 0.2) is 36.5 Å².